The molecule has 0 radical (unpaired) electrons. The molecule has 5 heteroatoms. The Kier molecular flexibility index (Phi) is 55.0. The van der Waals surface area contributed by atoms with E-state index in [1.807, 2.05) is 0 Å². The topological polar surface area (TPSA) is 17.1 Å². The van der Waals surface area contributed by atoms with Crippen LogP contribution in [0.15, 0.2) is 0 Å². The molecule has 0 rings (SSSR count). The van der Waals surface area contributed by atoms with Gasteiger partial charge in [-0.2, -0.15) is 0 Å². The van der Waals surface area contributed by atoms with Crippen LogP contribution >= 0.6 is 8.79 Å². The second kappa shape index (κ2) is 17.3. The van der Waals surface area contributed by atoms with E-state index >= 15 is 0 Å². The van der Waals surface area contributed by atoms with Gasteiger partial charge in [-0.1, -0.05) is 8.79 Å². The van der Waals surface area contributed by atoms with Crippen molar-refractivity contribution in [3.05, 3.63) is 0 Å². The molecule has 1 unspecified atom stereocenters. The van der Waals surface area contributed by atoms with E-state index < -0.39 is 9.07 Å². The van der Waals surface area contributed by atoms with Crippen molar-refractivity contribution in [1.82, 2.24) is 0 Å². The molecule has 0 amide bonds. The Bertz CT molecular complexity index is 19.1. The van der Waals surface area contributed by atoms with Crippen LogP contribution in [0.2, 0.25) is 0 Å². The van der Waals surface area contributed by atoms with Crippen molar-refractivity contribution >= 4 is 35.2 Å². The summed E-state index contributed by atoms with van der Waals surface area (Å²) in [6, 6.07) is 0. The Balaban J connectivity index is -0.0000000200. The van der Waals surface area contributed by atoms with Crippen LogP contribution in [0.25, 0.3) is 0 Å². The summed E-state index contributed by atoms with van der Waals surface area (Å²) in [5.41, 5.74) is 0. The Labute approximate surface area is 61.2 Å². The van der Waals surface area contributed by atoms with Crippen LogP contribution < -0.4 is 0 Å². The second-order valence-electron chi connectivity index (χ2n) is 0.136. The molecule has 0 aromatic carbocycles. The molecule has 5 heavy (non-hydrogen) atoms. The van der Waals surface area contributed by atoms with E-state index in [-0.39, 0.29) is 39.1 Å². The maximum atomic E-state index is 8.98. The predicted molar refractivity (Wildman–Crippen MR) is 27.5 cm³/mol. The molecular formula is H6AlOPSiTi. The largest absolute Gasteiger partial charge is 0.387 e. The van der Waals surface area contributed by atoms with Crippen LogP contribution in [-0.4, -0.2) is 26.4 Å². The molecule has 0 fully saturated rings. The minimum absolute atomic E-state index is 0. The van der Waals surface area contributed by atoms with E-state index in [4.69, 9.17) is 4.46 Å². The molecule has 0 heterocycles. The summed E-state index contributed by atoms with van der Waals surface area (Å²) in [5.74, 6) is 0. The quantitative estimate of drug-likeness (QED) is 0.304. The normalized spacial score (nSPS) is 2.60. The SMILES string of the molecule is O=[SiH]P.[AlH3].[Ti]. The Morgan fingerprint density at radius 2 is 1.60 bits per heavy atom. The third kappa shape index (κ3) is 27.1. The zero-order valence-corrected chi connectivity index (χ0v) is 5.93. The van der Waals surface area contributed by atoms with Gasteiger partial charge in [0, 0.05) is 21.7 Å². The number of hydrogen-bond acceptors (Lipinski definition) is 1. The van der Waals surface area contributed by atoms with Crippen LogP contribution in [-0.2, 0) is 26.2 Å². The minimum atomic E-state index is -0.583. The van der Waals surface area contributed by atoms with Crippen LogP contribution in [0.4, 0.5) is 0 Å². The monoisotopic (exact) mass is 156 g/mol. The van der Waals surface area contributed by atoms with Crippen molar-refractivity contribution in [3.8, 4) is 0 Å². The van der Waals surface area contributed by atoms with Crippen LogP contribution in [0.1, 0.15) is 0 Å². The van der Waals surface area contributed by atoms with Gasteiger partial charge in [-0.05, 0) is 0 Å². The van der Waals surface area contributed by atoms with Gasteiger partial charge in [-0.3, -0.25) is 0 Å². The maximum Gasteiger partial charge on any atom is 0.282 e. The minimum Gasteiger partial charge on any atom is -0.387 e. The number of hydrogen-bond donors (Lipinski definition) is 0. The first-order valence-corrected chi connectivity index (χ1v) is 3.71. The third-order valence-electron chi connectivity index (χ3n) is 0. The molecule has 0 aromatic rings. The molecule has 1 atom stereocenters. The Morgan fingerprint density at radius 3 is 1.60 bits per heavy atom. The van der Waals surface area contributed by atoms with E-state index in [9.17, 15) is 0 Å². The molecule has 1 nitrogen and oxygen atoms in total. The van der Waals surface area contributed by atoms with E-state index in [0.717, 1.165) is 0 Å². The fraction of sp³-hybridized carbons (Fsp3) is 0. The molecule has 0 aliphatic carbocycles. The Hall–Kier alpha value is 1.69. The van der Waals surface area contributed by atoms with Gasteiger partial charge in [0.1, 0.15) is 0 Å². The van der Waals surface area contributed by atoms with Crippen LogP contribution in [0, 0.1) is 0 Å². The maximum absolute atomic E-state index is 8.98. The summed E-state index contributed by atoms with van der Waals surface area (Å²) in [4.78, 5) is 0. The van der Waals surface area contributed by atoms with E-state index in [1.54, 1.807) is 0 Å². The number of rotatable bonds is 0. The van der Waals surface area contributed by atoms with Crippen molar-refractivity contribution < 1.29 is 26.2 Å². The average molecular weight is 156 g/mol. The van der Waals surface area contributed by atoms with E-state index in [2.05, 4.69) is 8.79 Å². The van der Waals surface area contributed by atoms with Gasteiger partial charge >= 0.3 is 0 Å². The molecule has 0 aliphatic heterocycles. The van der Waals surface area contributed by atoms with Crippen molar-refractivity contribution in [2.75, 3.05) is 0 Å². The van der Waals surface area contributed by atoms with Gasteiger partial charge in [0.2, 0.25) is 0 Å². The fourth-order valence-electron chi connectivity index (χ4n) is 0. The molecule has 0 saturated carbocycles. The molecule has 0 aliphatic rings. The summed E-state index contributed by atoms with van der Waals surface area (Å²) >= 11 is 0. The van der Waals surface area contributed by atoms with Crippen molar-refractivity contribution in [3.63, 3.8) is 0 Å². The zero-order chi connectivity index (χ0) is 2.71. The summed E-state index contributed by atoms with van der Waals surface area (Å²) < 4.78 is 8.98. The third-order valence-corrected chi connectivity index (χ3v) is 0. The van der Waals surface area contributed by atoms with Gasteiger partial charge in [0.25, 0.3) is 9.07 Å². The van der Waals surface area contributed by atoms with E-state index in [1.165, 1.54) is 0 Å². The first kappa shape index (κ1) is 15.9. The molecule has 0 spiro atoms. The molecule has 28 valence electrons. The summed E-state index contributed by atoms with van der Waals surface area (Å²) in [6.07, 6.45) is 0. The van der Waals surface area contributed by atoms with Crippen molar-refractivity contribution in [1.29, 1.82) is 0 Å². The first-order chi connectivity index (χ1) is 1.41. The summed E-state index contributed by atoms with van der Waals surface area (Å²) in [7, 11) is 1.52. The van der Waals surface area contributed by atoms with Gasteiger partial charge in [-0.25, -0.2) is 0 Å². The second-order valence-corrected chi connectivity index (χ2v) is 1.22. The standard InChI is InChI=1S/Al.H3OPSi.Ti.3H/c;1-3-2;;;;/h;3H,2H2;;;;. The van der Waals surface area contributed by atoms with Crippen molar-refractivity contribution in [2.24, 2.45) is 0 Å². The van der Waals surface area contributed by atoms with Crippen LogP contribution in [0.5, 0.6) is 0 Å². The first-order valence-electron chi connectivity index (χ1n) is 0.569. The van der Waals surface area contributed by atoms with E-state index in [0.29, 0.717) is 0 Å². The molecule has 0 aromatic heterocycles. The molecule has 0 saturated heterocycles. The summed E-state index contributed by atoms with van der Waals surface area (Å²) in [5, 5.41) is 0. The van der Waals surface area contributed by atoms with Gasteiger partial charge < -0.3 is 4.46 Å². The Morgan fingerprint density at radius 1 is 1.60 bits per heavy atom. The van der Waals surface area contributed by atoms with Gasteiger partial charge in [-0.15, -0.1) is 0 Å². The van der Waals surface area contributed by atoms with Crippen LogP contribution in [0.3, 0.4) is 0 Å². The molecule has 0 N–H and O–H groups in total. The van der Waals surface area contributed by atoms with Gasteiger partial charge in [0.05, 0.1) is 0 Å². The average Bonchev–Trinajstić information content (AvgIpc) is 0.918. The fourth-order valence-corrected chi connectivity index (χ4v) is 0. The van der Waals surface area contributed by atoms with Crippen molar-refractivity contribution in [2.45, 2.75) is 0 Å². The zero-order valence-electron chi connectivity index (χ0n) is 2.06. The van der Waals surface area contributed by atoms with Gasteiger partial charge in [0.15, 0.2) is 17.4 Å². The predicted octanol–water partition coefficient (Wildman–Crippen LogP) is -1.63. The molecule has 0 bridgehead atoms. The molecular weight excluding hydrogens is 150 g/mol. The smallest absolute Gasteiger partial charge is 0.282 e. The summed E-state index contributed by atoms with van der Waals surface area (Å²) in [6.45, 7) is 0.